The number of hydrogen-bond donors (Lipinski definition) is 3. The van der Waals surface area contributed by atoms with Crippen LogP contribution in [0.2, 0.25) is 0 Å². The average molecular weight is 597 g/mol. The Kier molecular flexibility index (Phi) is 7.69. The number of amides is 2. The van der Waals surface area contributed by atoms with E-state index in [-0.39, 0.29) is 29.3 Å². The van der Waals surface area contributed by atoms with Gasteiger partial charge in [0, 0.05) is 43.1 Å². The summed E-state index contributed by atoms with van der Waals surface area (Å²) in [5, 5.41) is 5.42. The third-order valence-corrected chi connectivity index (χ3v) is 7.99. The third kappa shape index (κ3) is 6.27. The number of nitrogen functional groups attached to an aromatic ring is 1. The Labute approximate surface area is 245 Å². The van der Waals surface area contributed by atoms with Crippen molar-refractivity contribution < 1.29 is 22.4 Å². The number of hydrogen-bond acceptors (Lipinski definition) is 6. The summed E-state index contributed by atoms with van der Waals surface area (Å²) in [6.07, 6.45) is 1.58. The number of nitrogens with zero attached hydrogens (tertiary/aromatic N) is 5. The Morgan fingerprint density at radius 1 is 1.05 bits per heavy atom. The highest BCUT2D eigenvalue weighted by Crippen LogP contribution is 2.42. The van der Waals surface area contributed by atoms with Crippen LogP contribution >= 0.6 is 0 Å². The number of nitrogens with one attached hydrogen (secondary N) is 2. The van der Waals surface area contributed by atoms with E-state index >= 15 is 4.39 Å². The van der Waals surface area contributed by atoms with Crippen molar-refractivity contribution in [2.45, 2.75) is 38.0 Å². The first-order valence-electron chi connectivity index (χ1n) is 14.2. The lowest BCUT2D eigenvalue weighted by molar-refractivity contribution is -0.138. The second-order valence-corrected chi connectivity index (χ2v) is 11.2. The van der Waals surface area contributed by atoms with Crippen LogP contribution in [-0.2, 0) is 12.7 Å². The highest BCUT2D eigenvalue weighted by Gasteiger charge is 2.34. The van der Waals surface area contributed by atoms with E-state index in [1.807, 2.05) is 22.7 Å². The Balaban J connectivity index is 1.18. The van der Waals surface area contributed by atoms with Crippen LogP contribution in [0.25, 0.3) is 22.2 Å². The summed E-state index contributed by atoms with van der Waals surface area (Å²) in [6, 6.07) is 7.47. The molecule has 0 unspecified atom stereocenters. The summed E-state index contributed by atoms with van der Waals surface area (Å²) in [5.74, 6) is -0.436. The van der Waals surface area contributed by atoms with E-state index in [4.69, 9.17) is 5.73 Å². The minimum Gasteiger partial charge on any atom is -0.383 e. The molecule has 2 fully saturated rings. The predicted molar refractivity (Wildman–Crippen MR) is 157 cm³/mol. The van der Waals surface area contributed by atoms with Crippen molar-refractivity contribution in [1.82, 2.24) is 24.3 Å². The van der Waals surface area contributed by atoms with Gasteiger partial charge in [-0.2, -0.15) is 13.2 Å². The van der Waals surface area contributed by atoms with E-state index in [2.05, 4.69) is 25.5 Å². The summed E-state index contributed by atoms with van der Waals surface area (Å²) in [5.41, 5.74) is 7.15. The van der Waals surface area contributed by atoms with Gasteiger partial charge in [0.25, 0.3) is 0 Å². The molecule has 1 aliphatic carbocycles. The molecule has 1 aliphatic heterocycles. The largest absolute Gasteiger partial charge is 0.416 e. The molecule has 13 heteroatoms. The average Bonchev–Trinajstić information content (AvgIpc) is 3.75. The van der Waals surface area contributed by atoms with Crippen LogP contribution in [0.15, 0.2) is 48.9 Å². The number of benzene rings is 2. The molecule has 0 bridgehead atoms. The smallest absolute Gasteiger partial charge is 0.383 e. The summed E-state index contributed by atoms with van der Waals surface area (Å²) >= 11 is 0. The molecule has 0 radical (unpaired) electrons. The number of alkyl halides is 3. The van der Waals surface area contributed by atoms with Crippen molar-refractivity contribution in [3.05, 3.63) is 65.9 Å². The molecule has 2 amide bonds. The van der Waals surface area contributed by atoms with Crippen molar-refractivity contribution in [2.24, 2.45) is 0 Å². The van der Waals surface area contributed by atoms with E-state index in [9.17, 15) is 18.0 Å². The minimum absolute atomic E-state index is 0.0513. The van der Waals surface area contributed by atoms with Gasteiger partial charge in [-0.05, 0) is 74.8 Å². The highest BCUT2D eigenvalue weighted by atomic mass is 19.4. The summed E-state index contributed by atoms with van der Waals surface area (Å²) in [6.45, 7) is 3.22. The van der Waals surface area contributed by atoms with Gasteiger partial charge in [-0.3, -0.25) is 4.90 Å². The van der Waals surface area contributed by atoms with E-state index in [0.717, 1.165) is 38.4 Å². The zero-order chi connectivity index (χ0) is 30.3. The Morgan fingerprint density at radius 3 is 2.60 bits per heavy atom. The van der Waals surface area contributed by atoms with Crippen LogP contribution in [0.5, 0.6) is 0 Å². The first-order valence-corrected chi connectivity index (χ1v) is 14.2. The van der Waals surface area contributed by atoms with Crippen LogP contribution in [0, 0.1) is 5.82 Å². The summed E-state index contributed by atoms with van der Waals surface area (Å²) in [7, 11) is 2.00. The minimum atomic E-state index is -4.61. The summed E-state index contributed by atoms with van der Waals surface area (Å²) < 4.78 is 59.2. The normalized spacial score (nSPS) is 16.8. The topological polar surface area (TPSA) is 104 Å². The molecule has 1 saturated heterocycles. The fourth-order valence-corrected chi connectivity index (χ4v) is 5.58. The fourth-order valence-electron chi connectivity index (χ4n) is 5.58. The number of fused-ring (bicyclic) bond motifs is 1. The number of carbonyl (C=O) groups excluding carboxylic acids is 1. The van der Waals surface area contributed by atoms with Gasteiger partial charge in [0.2, 0.25) is 0 Å². The van der Waals surface area contributed by atoms with E-state index in [1.54, 1.807) is 6.07 Å². The lowest BCUT2D eigenvalue weighted by Gasteiger charge is -2.23. The maximum Gasteiger partial charge on any atom is 0.416 e. The monoisotopic (exact) mass is 596 g/mol. The number of nitrogens with two attached hydrogens (primary N) is 1. The quantitative estimate of drug-likeness (QED) is 0.238. The van der Waals surface area contributed by atoms with Gasteiger partial charge in [-0.15, -0.1) is 0 Å². The fraction of sp³-hybridized carbons (Fsp3) is 0.367. The van der Waals surface area contributed by atoms with Crippen LogP contribution in [0.1, 0.15) is 36.4 Å². The van der Waals surface area contributed by atoms with E-state index in [1.165, 1.54) is 30.6 Å². The number of anilines is 3. The van der Waals surface area contributed by atoms with Crippen LogP contribution in [-0.4, -0.2) is 63.6 Å². The third-order valence-electron chi connectivity index (χ3n) is 7.99. The zero-order valence-corrected chi connectivity index (χ0v) is 23.6. The number of aromatic nitrogens is 3. The molecule has 4 aromatic rings. The number of carbonyl (C=O) groups is 1. The second kappa shape index (κ2) is 11.5. The van der Waals surface area contributed by atoms with Crippen molar-refractivity contribution in [1.29, 1.82) is 0 Å². The van der Waals surface area contributed by atoms with E-state index < -0.39 is 23.6 Å². The molecule has 4 N–H and O–H groups in total. The van der Waals surface area contributed by atoms with Crippen molar-refractivity contribution >= 4 is 34.3 Å². The first kappa shape index (κ1) is 28.9. The Hall–Kier alpha value is -4.23. The lowest BCUT2D eigenvalue weighted by Crippen LogP contribution is -2.29. The second-order valence-electron chi connectivity index (χ2n) is 11.2. The Bertz CT molecular complexity index is 1670. The molecule has 2 aromatic heterocycles. The molecule has 0 atom stereocenters. The lowest BCUT2D eigenvalue weighted by atomic mass is 10.0. The first-order chi connectivity index (χ1) is 20.6. The SMILES string of the molecule is CN1CCCN(Cc2ccc(NC(=O)Nc3ccc(-c4cn(C5CC5)c5ncnc(N)c45)cc3F)cc2C(F)(F)F)CC1. The zero-order valence-electron chi connectivity index (χ0n) is 23.6. The molecule has 1 saturated carbocycles. The summed E-state index contributed by atoms with van der Waals surface area (Å²) in [4.78, 5) is 25.3. The predicted octanol–water partition coefficient (Wildman–Crippen LogP) is 5.95. The molecule has 6 rings (SSSR count). The van der Waals surface area contributed by atoms with Gasteiger partial charge in [0.1, 0.15) is 23.6 Å². The number of likely N-dealkylation sites (N-methyl/N-ethyl adjacent to an activating group) is 1. The maximum atomic E-state index is 15.2. The molecular weight excluding hydrogens is 564 g/mol. The van der Waals surface area contributed by atoms with Gasteiger partial charge >= 0.3 is 12.2 Å². The van der Waals surface area contributed by atoms with Gasteiger partial charge in [-0.25, -0.2) is 19.2 Å². The molecule has 2 aliphatic rings. The van der Waals surface area contributed by atoms with Gasteiger partial charge in [-0.1, -0.05) is 12.1 Å². The van der Waals surface area contributed by atoms with Crippen LogP contribution in [0.4, 0.5) is 39.5 Å². The van der Waals surface area contributed by atoms with Crippen LogP contribution < -0.4 is 16.4 Å². The Morgan fingerprint density at radius 2 is 1.86 bits per heavy atom. The molecule has 0 spiro atoms. The number of urea groups is 1. The molecular formula is C30H32F4N8O. The van der Waals surface area contributed by atoms with E-state index in [0.29, 0.717) is 41.3 Å². The molecule has 9 nitrogen and oxygen atoms in total. The molecule has 3 heterocycles. The van der Waals surface area contributed by atoms with Crippen LogP contribution in [0.3, 0.4) is 0 Å². The van der Waals surface area contributed by atoms with Gasteiger partial charge < -0.3 is 25.8 Å². The maximum absolute atomic E-state index is 15.2. The van der Waals surface area contributed by atoms with Crippen molar-refractivity contribution in [3.63, 3.8) is 0 Å². The molecule has 43 heavy (non-hydrogen) atoms. The van der Waals surface area contributed by atoms with Gasteiger partial charge in [0.05, 0.1) is 16.6 Å². The van der Waals surface area contributed by atoms with Crippen molar-refractivity contribution in [3.8, 4) is 11.1 Å². The van der Waals surface area contributed by atoms with Gasteiger partial charge in [0.15, 0.2) is 0 Å². The standard InChI is InChI=1S/C30H32F4N8O/c1-40-9-2-10-41(12-11-40)15-19-3-5-20(14-23(19)30(32,33)34)38-29(43)39-25-8-4-18(13-24(25)31)22-16-42(21-6-7-21)28-26(22)27(35)36-17-37-28/h3-5,8,13-14,16-17,21H,2,6-7,9-12,15H2,1H3,(H2,35,36,37)(H2,38,39,43). The highest BCUT2D eigenvalue weighted by molar-refractivity contribution is 6.02. The van der Waals surface area contributed by atoms with Crippen molar-refractivity contribution in [2.75, 3.05) is 49.6 Å². The molecule has 2 aromatic carbocycles. The number of halogens is 4. The molecule has 226 valence electrons. The number of rotatable bonds is 6.